The van der Waals surface area contributed by atoms with Crippen LogP contribution >= 0.6 is 11.8 Å². The number of nitriles is 1. The number of nitrogens with zero attached hydrogens (tertiary/aromatic N) is 1. The summed E-state index contributed by atoms with van der Waals surface area (Å²) < 4.78 is 5.30. The molecular formula is C31H30N4O4S. The summed E-state index contributed by atoms with van der Waals surface area (Å²) in [6.45, 7) is 3.82. The largest absolute Gasteiger partial charge is 0.504 e. The summed E-state index contributed by atoms with van der Waals surface area (Å²) in [4.78, 5) is 26.3. The molecule has 9 heteroatoms. The van der Waals surface area contributed by atoms with Crippen LogP contribution < -0.4 is 20.7 Å². The average Bonchev–Trinajstić information content (AvgIpc) is 2.96. The van der Waals surface area contributed by atoms with Gasteiger partial charge in [-0.05, 0) is 60.9 Å². The van der Waals surface area contributed by atoms with Gasteiger partial charge in [0.25, 0.3) is 5.91 Å². The number of phenols is 1. The van der Waals surface area contributed by atoms with Gasteiger partial charge < -0.3 is 25.8 Å². The lowest BCUT2D eigenvalue weighted by atomic mass is 9.82. The maximum Gasteiger partial charge on any atom is 0.254 e. The number of methoxy groups -OCH3 is 1. The molecule has 1 aliphatic rings. The molecule has 0 saturated carbocycles. The summed E-state index contributed by atoms with van der Waals surface area (Å²) in [7, 11) is 1.43. The molecule has 0 aromatic heterocycles. The fourth-order valence-electron chi connectivity index (χ4n) is 4.41. The number of aromatic hydroxyl groups is 1. The summed E-state index contributed by atoms with van der Waals surface area (Å²) in [5.41, 5.74) is 4.24. The van der Waals surface area contributed by atoms with E-state index in [1.807, 2.05) is 42.5 Å². The highest BCUT2D eigenvalue weighted by atomic mass is 32.2. The van der Waals surface area contributed by atoms with Gasteiger partial charge in [-0.15, -0.1) is 0 Å². The number of carbonyl (C=O) groups excluding carboxylic acids is 2. The first-order valence-electron chi connectivity index (χ1n) is 12.7. The number of phenolic OH excluding ortho intramolecular Hbond substituents is 1. The van der Waals surface area contributed by atoms with E-state index in [9.17, 15) is 20.0 Å². The molecule has 0 aliphatic carbocycles. The van der Waals surface area contributed by atoms with E-state index in [0.29, 0.717) is 33.2 Å². The monoisotopic (exact) mass is 554 g/mol. The zero-order valence-corrected chi connectivity index (χ0v) is 23.3. The van der Waals surface area contributed by atoms with Gasteiger partial charge in [-0.25, -0.2) is 0 Å². The molecule has 0 unspecified atom stereocenters. The second-order valence-electron chi connectivity index (χ2n) is 9.09. The number of para-hydroxylation sites is 1. The second-order valence-corrected chi connectivity index (χ2v) is 10.1. The Morgan fingerprint density at radius 3 is 2.40 bits per heavy atom. The first kappa shape index (κ1) is 28.3. The van der Waals surface area contributed by atoms with Gasteiger partial charge in [0.05, 0.1) is 35.5 Å². The van der Waals surface area contributed by atoms with E-state index in [1.165, 1.54) is 30.5 Å². The highest BCUT2D eigenvalue weighted by Gasteiger charge is 2.35. The fraction of sp³-hybridized carbons (Fsp3) is 0.194. The number of amides is 2. The molecule has 3 aromatic carbocycles. The number of nitrogens with one attached hydrogen (secondary N) is 3. The minimum atomic E-state index is -0.767. The van der Waals surface area contributed by atoms with Crippen molar-refractivity contribution in [2.45, 2.75) is 26.2 Å². The Morgan fingerprint density at radius 1 is 1.05 bits per heavy atom. The summed E-state index contributed by atoms with van der Waals surface area (Å²) in [5.74, 6) is -1.16. The van der Waals surface area contributed by atoms with Crippen LogP contribution in [0.2, 0.25) is 0 Å². The van der Waals surface area contributed by atoms with Gasteiger partial charge in [0, 0.05) is 22.6 Å². The van der Waals surface area contributed by atoms with Crippen LogP contribution in [-0.2, 0) is 16.0 Å². The summed E-state index contributed by atoms with van der Waals surface area (Å²) >= 11 is 1.19. The van der Waals surface area contributed by atoms with Crippen LogP contribution in [0.25, 0.3) is 0 Å². The van der Waals surface area contributed by atoms with Crippen molar-refractivity contribution in [2.24, 2.45) is 0 Å². The van der Waals surface area contributed by atoms with Crippen LogP contribution in [0.4, 0.5) is 11.4 Å². The number of allylic oxidation sites excluding steroid dienone is 2. The van der Waals surface area contributed by atoms with Crippen molar-refractivity contribution in [3.63, 3.8) is 0 Å². The molecule has 204 valence electrons. The van der Waals surface area contributed by atoms with Gasteiger partial charge in [0.1, 0.15) is 0 Å². The lowest BCUT2D eigenvalue weighted by Gasteiger charge is -2.30. The Kier molecular flexibility index (Phi) is 9.15. The maximum atomic E-state index is 13.6. The van der Waals surface area contributed by atoms with Crippen LogP contribution in [0.5, 0.6) is 11.5 Å². The van der Waals surface area contributed by atoms with Crippen molar-refractivity contribution < 1.29 is 19.4 Å². The Labute approximate surface area is 237 Å². The number of hydrogen-bond donors (Lipinski definition) is 4. The van der Waals surface area contributed by atoms with Gasteiger partial charge >= 0.3 is 0 Å². The molecule has 1 atom stereocenters. The van der Waals surface area contributed by atoms with Crippen LogP contribution in [0, 0.1) is 11.3 Å². The molecule has 4 rings (SSSR count). The van der Waals surface area contributed by atoms with Crippen molar-refractivity contribution in [3.05, 3.63) is 106 Å². The third-order valence-corrected chi connectivity index (χ3v) is 7.47. The fourth-order valence-corrected chi connectivity index (χ4v) is 5.30. The Morgan fingerprint density at radius 2 is 1.75 bits per heavy atom. The molecular weight excluding hydrogens is 524 g/mol. The van der Waals surface area contributed by atoms with E-state index in [-0.39, 0.29) is 34.6 Å². The number of ether oxygens (including phenoxy) is 1. The molecule has 1 aliphatic heterocycles. The summed E-state index contributed by atoms with van der Waals surface area (Å²) in [6.07, 6.45) is 0.910. The topological polar surface area (TPSA) is 123 Å². The first-order valence-corrected chi connectivity index (χ1v) is 13.7. The first-order chi connectivity index (χ1) is 19.3. The van der Waals surface area contributed by atoms with Crippen molar-refractivity contribution >= 4 is 35.0 Å². The quantitative estimate of drug-likeness (QED) is 0.269. The van der Waals surface area contributed by atoms with Crippen LogP contribution in [-0.4, -0.2) is 29.8 Å². The number of benzene rings is 3. The molecule has 4 N–H and O–H groups in total. The Hall–Kier alpha value is -4.68. The van der Waals surface area contributed by atoms with Crippen molar-refractivity contribution in [1.82, 2.24) is 5.32 Å². The average molecular weight is 555 g/mol. The van der Waals surface area contributed by atoms with Crippen molar-refractivity contribution in [3.8, 4) is 17.6 Å². The lowest BCUT2D eigenvalue weighted by molar-refractivity contribution is -0.114. The van der Waals surface area contributed by atoms with Gasteiger partial charge in [0.15, 0.2) is 11.5 Å². The zero-order chi connectivity index (χ0) is 28.6. The number of rotatable bonds is 9. The number of hydrogen-bond acceptors (Lipinski definition) is 7. The Balaban J connectivity index is 1.64. The second kappa shape index (κ2) is 12.9. The molecule has 0 bridgehead atoms. The predicted octanol–water partition coefficient (Wildman–Crippen LogP) is 5.67. The highest BCUT2D eigenvalue weighted by Crippen LogP contribution is 2.43. The molecule has 1 heterocycles. The molecule has 0 fully saturated rings. The van der Waals surface area contributed by atoms with Crippen molar-refractivity contribution in [2.75, 3.05) is 23.5 Å². The maximum absolute atomic E-state index is 13.6. The number of carbonyl (C=O) groups is 2. The van der Waals surface area contributed by atoms with Crippen LogP contribution in [0.15, 0.2) is 94.7 Å². The SMILES string of the molecule is CCc1ccc(NC(=O)CSC2=C(C#N)[C@@H](c3ccc(O)c(OC)c3)C(C(=O)Nc3ccccc3)=C(C)N2)cc1. The normalized spacial score (nSPS) is 14.7. The van der Waals surface area contributed by atoms with E-state index in [1.54, 1.807) is 31.2 Å². The number of dihydropyridines is 1. The molecule has 8 nitrogen and oxygen atoms in total. The minimum Gasteiger partial charge on any atom is -0.504 e. The van der Waals surface area contributed by atoms with Crippen LogP contribution in [0.1, 0.15) is 30.9 Å². The van der Waals surface area contributed by atoms with E-state index in [2.05, 4.69) is 28.9 Å². The minimum absolute atomic E-state index is 0.0491. The van der Waals surface area contributed by atoms with Gasteiger partial charge in [-0.1, -0.05) is 55.1 Å². The standard InChI is InChI=1S/C31H30N4O4S/c1-4-20-10-13-23(14-11-20)34-27(37)18-40-31-24(17-32)29(21-12-15-25(36)26(16-21)39-3)28(19(2)33-31)30(38)35-22-8-6-5-7-9-22/h5-16,29,33,36H,4,18H2,1-3H3,(H,34,37)(H,35,38)/t29-/m1/s1. The van der Waals surface area contributed by atoms with Crippen molar-refractivity contribution in [1.29, 1.82) is 5.26 Å². The Bertz CT molecular complexity index is 1510. The molecule has 3 aromatic rings. The molecule has 0 radical (unpaired) electrons. The van der Waals surface area contributed by atoms with Gasteiger partial charge in [-0.2, -0.15) is 5.26 Å². The van der Waals surface area contributed by atoms with E-state index < -0.39 is 5.92 Å². The van der Waals surface area contributed by atoms with E-state index >= 15 is 0 Å². The molecule has 0 spiro atoms. The number of aryl methyl sites for hydroxylation is 1. The van der Waals surface area contributed by atoms with Gasteiger partial charge in [-0.3, -0.25) is 9.59 Å². The number of anilines is 2. The molecule has 0 saturated heterocycles. The molecule has 40 heavy (non-hydrogen) atoms. The smallest absolute Gasteiger partial charge is 0.254 e. The number of thioether (sulfide) groups is 1. The summed E-state index contributed by atoms with van der Waals surface area (Å²) in [5, 5.41) is 29.9. The third kappa shape index (κ3) is 6.47. The summed E-state index contributed by atoms with van der Waals surface area (Å²) in [6, 6.07) is 23.7. The predicted molar refractivity (Wildman–Crippen MR) is 158 cm³/mol. The third-order valence-electron chi connectivity index (χ3n) is 6.45. The van der Waals surface area contributed by atoms with Crippen LogP contribution in [0.3, 0.4) is 0 Å². The van der Waals surface area contributed by atoms with E-state index in [4.69, 9.17) is 4.74 Å². The van der Waals surface area contributed by atoms with E-state index in [0.717, 1.165) is 6.42 Å². The lowest BCUT2D eigenvalue weighted by Crippen LogP contribution is -2.31. The van der Waals surface area contributed by atoms with Gasteiger partial charge in [0.2, 0.25) is 5.91 Å². The highest BCUT2D eigenvalue weighted by molar-refractivity contribution is 8.03. The zero-order valence-electron chi connectivity index (χ0n) is 22.4. The molecule has 2 amide bonds.